The van der Waals surface area contributed by atoms with Crippen molar-refractivity contribution >= 4 is 23.6 Å². The van der Waals surface area contributed by atoms with Gasteiger partial charge in [0.25, 0.3) is 5.91 Å². The molecule has 0 atom stereocenters. The minimum atomic E-state index is -0.152. The molecule has 1 aliphatic rings. The Kier molecular flexibility index (Phi) is 6.07. The second kappa shape index (κ2) is 8.67. The first kappa shape index (κ1) is 18.9. The number of amides is 2. The third kappa shape index (κ3) is 5.07. The van der Waals surface area contributed by atoms with E-state index in [0.29, 0.717) is 11.6 Å². The van der Waals surface area contributed by atoms with Crippen LogP contribution in [0.2, 0.25) is 0 Å². The van der Waals surface area contributed by atoms with E-state index >= 15 is 0 Å². The van der Waals surface area contributed by atoms with E-state index < -0.39 is 0 Å². The molecule has 2 aromatic rings. The van der Waals surface area contributed by atoms with Gasteiger partial charge < -0.3 is 10.6 Å². The molecular formula is C23H26N2O2. The summed E-state index contributed by atoms with van der Waals surface area (Å²) in [4.78, 5) is 24.4. The number of para-hydroxylation sites is 1. The van der Waals surface area contributed by atoms with E-state index in [-0.39, 0.29) is 11.8 Å². The van der Waals surface area contributed by atoms with Gasteiger partial charge in [0.1, 0.15) is 0 Å². The Balaban J connectivity index is 1.64. The summed E-state index contributed by atoms with van der Waals surface area (Å²) < 4.78 is 0. The smallest absolute Gasteiger partial charge is 0.251 e. The van der Waals surface area contributed by atoms with Crippen molar-refractivity contribution in [3.63, 3.8) is 0 Å². The highest BCUT2D eigenvalue weighted by Crippen LogP contribution is 2.23. The number of rotatable bonds is 7. The molecule has 1 fully saturated rings. The number of hydrogen-bond acceptors (Lipinski definition) is 2. The summed E-state index contributed by atoms with van der Waals surface area (Å²) in [6.07, 6.45) is 7.18. The maximum atomic E-state index is 12.4. The average molecular weight is 362 g/mol. The Morgan fingerprint density at radius 2 is 1.63 bits per heavy atom. The van der Waals surface area contributed by atoms with E-state index in [1.165, 1.54) is 6.08 Å². The van der Waals surface area contributed by atoms with Gasteiger partial charge in [0.2, 0.25) is 5.91 Å². The van der Waals surface area contributed by atoms with Crippen molar-refractivity contribution in [2.45, 2.75) is 45.6 Å². The molecule has 0 radical (unpaired) electrons. The first-order valence-corrected chi connectivity index (χ1v) is 9.61. The van der Waals surface area contributed by atoms with Crippen molar-refractivity contribution in [2.24, 2.45) is 0 Å². The molecule has 4 heteroatoms. The van der Waals surface area contributed by atoms with Crippen LogP contribution in [0.4, 0.5) is 5.69 Å². The molecule has 0 bridgehead atoms. The Hall–Kier alpha value is -2.88. The molecule has 0 heterocycles. The zero-order chi connectivity index (χ0) is 19.2. The van der Waals surface area contributed by atoms with Crippen molar-refractivity contribution in [3.8, 4) is 0 Å². The highest BCUT2D eigenvalue weighted by molar-refractivity contribution is 6.03. The Morgan fingerprint density at radius 1 is 1.00 bits per heavy atom. The van der Waals surface area contributed by atoms with Gasteiger partial charge in [0.15, 0.2) is 0 Å². The van der Waals surface area contributed by atoms with E-state index in [0.717, 1.165) is 48.1 Å². The van der Waals surface area contributed by atoms with Gasteiger partial charge in [-0.1, -0.05) is 44.2 Å². The van der Waals surface area contributed by atoms with E-state index in [1.807, 2.05) is 30.3 Å². The minimum Gasteiger partial charge on any atom is -0.349 e. The Labute approximate surface area is 160 Å². The van der Waals surface area contributed by atoms with Crippen LogP contribution in [-0.2, 0) is 17.6 Å². The molecular weight excluding hydrogens is 336 g/mol. The lowest BCUT2D eigenvalue weighted by atomic mass is 10.0. The molecule has 0 saturated heterocycles. The number of aryl methyl sites for hydroxylation is 2. The number of carbonyl (C=O) groups excluding carboxylic acids is 2. The Bertz CT molecular complexity index is 827. The van der Waals surface area contributed by atoms with Crippen molar-refractivity contribution < 1.29 is 9.59 Å². The Morgan fingerprint density at radius 3 is 2.19 bits per heavy atom. The molecule has 2 N–H and O–H groups in total. The SMILES string of the molecule is CCc1cccc(CC)c1NC(=O)/C=C/c1ccc(C(=O)NC2CC2)cc1. The van der Waals surface area contributed by atoms with Crippen LogP contribution in [-0.4, -0.2) is 17.9 Å². The maximum Gasteiger partial charge on any atom is 0.251 e. The van der Waals surface area contributed by atoms with Gasteiger partial charge in [0, 0.05) is 23.4 Å². The number of benzene rings is 2. The van der Waals surface area contributed by atoms with Gasteiger partial charge in [0.05, 0.1) is 0 Å². The number of hydrogen-bond donors (Lipinski definition) is 2. The molecule has 2 aromatic carbocycles. The summed E-state index contributed by atoms with van der Waals surface area (Å²) in [5.41, 5.74) is 4.73. The fourth-order valence-electron chi connectivity index (χ4n) is 2.98. The summed E-state index contributed by atoms with van der Waals surface area (Å²) in [6, 6.07) is 13.7. The van der Waals surface area contributed by atoms with Crippen LogP contribution >= 0.6 is 0 Å². The molecule has 1 saturated carbocycles. The van der Waals surface area contributed by atoms with Crippen LogP contribution < -0.4 is 10.6 Å². The lowest BCUT2D eigenvalue weighted by Gasteiger charge is -2.13. The monoisotopic (exact) mass is 362 g/mol. The van der Waals surface area contributed by atoms with Crippen LogP contribution in [0.15, 0.2) is 48.5 Å². The first-order valence-electron chi connectivity index (χ1n) is 9.61. The largest absolute Gasteiger partial charge is 0.349 e. The molecule has 0 unspecified atom stereocenters. The lowest BCUT2D eigenvalue weighted by molar-refractivity contribution is -0.111. The van der Waals surface area contributed by atoms with Gasteiger partial charge in [-0.15, -0.1) is 0 Å². The van der Waals surface area contributed by atoms with Crippen molar-refractivity contribution in [2.75, 3.05) is 5.32 Å². The van der Waals surface area contributed by atoms with E-state index in [1.54, 1.807) is 18.2 Å². The summed E-state index contributed by atoms with van der Waals surface area (Å²) >= 11 is 0. The van der Waals surface area contributed by atoms with E-state index in [4.69, 9.17) is 0 Å². The molecule has 1 aliphatic carbocycles. The van der Waals surface area contributed by atoms with Crippen LogP contribution in [0.25, 0.3) is 6.08 Å². The second-order valence-corrected chi connectivity index (χ2v) is 6.85. The van der Waals surface area contributed by atoms with E-state index in [9.17, 15) is 9.59 Å². The molecule has 27 heavy (non-hydrogen) atoms. The highest BCUT2D eigenvalue weighted by Gasteiger charge is 2.23. The summed E-state index contributed by atoms with van der Waals surface area (Å²) in [5, 5.41) is 5.99. The predicted molar refractivity (Wildman–Crippen MR) is 110 cm³/mol. The molecule has 0 aliphatic heterocycles. The van der Waals surface area contributed by atoms with Gasteiger partial charge in [-0.3, -0.25) is 9.59 Å². The summed E-state index contributed by atoms with van der Waals surface area (Å²) in [7, 11) is 0. The fourth-order valence-corrected chi connectivity index (χ4v) is 2.98. The standard InChI is InChI=1S/C23H26N2O2/c1-3-17-6-5-7-18(4-2)22(17)25-21(26)15-10-16-8-11-19(12-9-16)23(27)24-20-13-14-20/h5-12,15,20H,3-4,13-14H2,1-2H3,(H,24,27)(H,25,26)/b15-10+. The molecule has 4 nitrogen and oxygen atoms in total. The third-order valence-electron chi connectivity index (χ3n) is 4.76. The maximum absolute atomic E-state index is 12.4. The lowest BCUT2D eigenvalue weighted by Crippen LogP contribution is -2.25. The predicted octanol–water partition coefficient (Wildman–Crippen LogP) is 4.36. The van der Waals surface area contributed by atoms with Crippen LogP contribution in [0.5, 0.6) is 0 Å². The first-order chi connectivity index (χ1) is 13.1. The summed E-state index contributed by atoms with van der Waals surface area (Å²) in [6.45, 7) is 4.17. The quantitative estimate of drug-likeness (QED) is 0.719. The van der Waals surface area contributed by atoms with Crippen molar-refractivity contribution in [1.29, 1.82) is 0 Å². The molecule has 2 amide bonds. The molecule has 0 aromatic heterocycles. The highest BCUT2D eigenvalue weighted by atomic mass is 16.2. The topological polar surface area (TPSA) is 58.2 Å². The normalized spacial score (nSPS) is 13.6. The van der Waals surface area contributed by atoms with Crippen molar-refractivity contribution in [1.82, 2.24) is 5.32 Å². The van der Waals surface area contributed by atoms with Crippen LogP contribution in [0.3, 0.4) is 0 Å². The summed E-state index contributed by atoms with van der Waals surface area (Å²) in [5.74, 6) is -0.185. The third-order valence-corrected chi connectivity index (χ3v) is 4.76. The van der Waals surface area contributed by atoms with Crippen molar-refractivity contribution in [3.05, 3.63) is 70.8 Å². The molecule has 140 valence electrons. The van der Waals surface area contributed by atoms with Gasteiger partial charge in [-0.2, -0.15) is 0 Å². The fraction of sp³-hybridized carbons (Fsp3) is 0.304. The zero-order valence-corrected chi connectivity index (χ0v) is 15.9. The number of nitrogens with one attached hydrogen (secondary N) is 2. The van der Waals surface area contributed by atoms with Crippen LogP contribution in [0, 0.1) is 0 Å². The number of carbonyl (C=O) groups is 2. The van der Waals surface area contributed by atoms with Gasteiger partial charge >= 0.3 is 0 Å². The van der Waals surface area contributed by atoms with E-state index in [2.05, 4.69) is 24.5 Å². The minimum absolute atomic E-state index is 0.0333. The number of anilines is 1. The van der Waals surface area contributed by atoms with Crippen LogP contribution in [0.1, 0.15) is 53.7 Å². The molecule has 0 spiro atoms. The molecule has 3 rings (SSSR count). The second-order valence-electron chi connectivity index (χ2n) is 6.85. The van der Waals surface area contributed by atoms with Gasteiger partial charge in [-0.05, 0) is 60.6 Å². The zero-order valence-electron chi connectivity index (χ0n) is 15.9. The average Bonchev–Trinajstić information content (AvgIpc) is 3.51. The van der Waals surface area contributed by atoms with Gasteiger partial charge in [-0.25, -0.2) is 0 Å².